The van der Waals surface area contributed by atoms with Gasteiger partial charge in [0, 0.05) is 30.6 Å². The molecule has 0 radical (unpaired) electrons. The van der Waals surface area contributed by atoms with Crippen LogP contribution in [0, 0.1) is 0 Å². The first-order chi connectivity index (χ1) is 17.2. The highest BCUT2D eigenvalue weighted by Gasteiger charge is 2.24. The van der Waals surface area contributed by atoms with E-state index in [4.69, 9.17) is 0 Å². The number of anilines is 1. The van der Waals surface area contributed by atoms with Crippen LogP contribution in [-0.4, -0.2) is 44.5 Å². The van der Waals surface area contributed by atoms with Crippen LogP contribution in [0.25, 0.3) is 0 Å². The molecule has 0 atom stereocenters. The minimum absolute atomic E-state index is 0.0973. The van der Waals surface area contributed by atoms with Crippen molar-refractivity contribution >= 4 is 27.3 Å². The third-order valence-corrected chi connectivity index (χ3v) is 7.90. The van der Waals surface area contributed by atoms with E-state index in [-0.39, 0.29) is 23.1 Å². The number of hydrogen-bond donors (Lipinski definition) is 1. The zero-order valence-electron chi connectivity index (χ0n) is 20.7. The van der Waals surface area contributed by atoms with Crippen LogP contribution in [0.5, 0.6) is 0 Å². The summed E-state index contributed by atoms with van der Waals surface area (Å²) >= 11 is 0. The molecule has 1 heterocycles. The van der Waals surface area contributed by atoms with Crippen molar-refractivity contribution in [1.29, 1.82) is 0 Å². The van der Waals surface area contributed by atoms with E-state index in [0.29, 0.717) is 5.92 Å². The highest BCUT2D eigenvalue weighted by Crippen LogP contribution is 2.29. The van der Waals surface area contributed by atoms with Crippen LogP contribution < -0.4 is 5.32 Å². The van der Waals surface area contributed by atoms with Crippen LogP contribution in [0.15, 0.2) is 77.7 Å². The van der Waals surface area contributed by atoms with Crippen molar-refractivity contribution in [1.82, 2.24) is 4.90 Å². The van der Waals surface area contributed by atoms with Crippen molar-refractivity contribution in [2.45, 2.75) is 43.4 Å². The van der Waals surface area contributed by atoms with E-state index >= 15 is 0 Å². The molecule has 3 aromatic rings. The third-order valence-electron chi connectivity index (χ3n) is 6.77. The standard InChI is InChI=1S/C29H32N2O4S/c1-3-21-4-8-25(9-5-21)29(33)31-18-16-24(17-19-31)23-10-12-26(13-11-23)30-28(32)20-22-6-14-27(15-7-22)36(2,34)35/h4-15,24H,3,16-20H2,1-2H3,(H,30,32). The van der Waals surface area contributed by atoms with Gasteiger partial charge in [0.25, 0.3) is 5.91 Å². The molecule has 6 nitrogen and oxygen atoms in total. The summed E-state index contributed by atoms with van der Waals surface area (Å²) in [5.41, 5.74) is 4.66. The first-order valence-electron chi connectivity index (χ1n) is 12.3. The smallest absolute Gasteiger partial charge is 0.253 e. The second kappa shape index (κ2) is 11.1. The van der Waals surface area contributed by atoms with Gasteiger partial charge < -0.3 is 10.2 Å². The van der Waals surface area contributed by atoms with Gasteiger partial charge in [0.1, 0.15) is 0 Å². The molecule has 0 unspecified atom stereocenters. The van der Waals surface area contributed by atoms with Crippen LogP contribution in [0.4, 0.5) is 5.69 Å². The highest BCUT2D eigenvalue weighted by molar-refractivity contribution is 7.90. The van der Waals surface area contributed by atoms with Crippen molar-refractivity contribution in [3.05, 3.63) is 95.1 Å². The van der Waals surface area contributed by atoms with E-state index in [1.165, 1.54) is 23.3 Å². The molecule has 0 spiro atoms. The molecule has 0 bridgehead atoms. The Morgan fingerprint density at radius 3 is 2.00 bits per heavy atom. The lowest BCUT2D eigenvalue weighted by Crippen LogP contribution is -2.37. The van der Waals surface area contributed by atoms with Gasteiger partial charge in [-0.25, -0.2) is 8.42 Å². The number of hydrogen-bond acceptors (Lipinski definition) is 4. The minimum Gasteiger partial charge on any atom is -0.339 e. The number of carbonyl (C=O) groups is 2. The number of sulfone groups is 1. The number of rotatable bonds is 7. The number of aryl methyl sites for hydroxylation is 1. The Kier molecular flexibility index (Phi) is 7.89. The Bertz CT molecular complexity index is 1310. The molecule has 1 N–H and O–H groups in total. The molecule has 0 aromatic heterocycles. The molecule has 1 fully saturated rings. The van der Waals surface area contributed by atoms with Gasteiger partial charge in [0.05, 0.1) is 11.3 Å². The second-order valence-corrected chi connectivity index (χ2v) is 11.4. The Morgan fingerprint density at radius 2 is 1.44 bits per heavy atom. The fourth-order valence-corrected chi connectivity index (χ4v) is 5.20. The zero-order valence-corrected chi connectivity index (χ0v) is 21.6. The molecule has 2 amide bonds. The molecule has 7 heteroatoms. The summed E-state index contributed by atoms with van der Waals surface area (Å²) in [4.78, 5) is 27.5. The van der Waals surface area contributed by atoms with Crippen molar-refractivity contribution in [2.24, 2.45) is 0 Å². The SMILES string of the molecule is CCc1ccc(C(=O)N2CCC(c3ccc(NC(=O)Cc4ccc(S(C)(=O)=O)cc4)cc3)CC2)cc1. The summed E-state index contributed by atoms with van der Waals surface area (Å²) in [5.74, 6) is 0.323. The molecular formula is C29H32N2O4S. The molecule has 0 aliphatic carbocycles. The predicted molar refractivity (Wildman–Crippen MR) is 142 cm³/mol. The average Bonchev–Trinajstić information content (AvgIpc) is 2.88. The normalized spacial score (nSPS) is 14.4. The van der Waals surface area contributed by atoms with Gasteiger partial charge in [-0.2, -0.15) is 0 Å². The van der Waals surface area contributed by atoms with Gasteiger partial charge in [-0.05, 0) is 78.3 Å². The van der Waals surface area contributed by atoms with Crippen molar-refractivity contribution < 1.29 is 18.0 Å². The molecule has 188 valence electrons. The zero-order chi connectivity index (χ0) is 25.7. The first kappa shape index (κ1) is 25.6. The largest absolute Gasteiger partial charge is 0.339 e. The number of piperidine rings is 1. The summed E-state index contributed by atoms with van der Waals surface area (Å²) in [7, 11) is -3.25. The van der Waals surface area contributed by atoms with Gasteiger partial charge in [0.15, 0.2) is 9.84 Å². The van der Waals surface area contributed by atoms with Crippen LogP contribution in [0.2, 0.25) is 0 Å². The van der Waals surface area contributed by atoms with E-state index in [1.807, 2.05) is 53.4 Å². The first-order valence-corrected chi connectivity index (χ1v) is 14.2. The van der Waals surface area contributed by atoms with Crippen molar-refractivity contribution in [3.8, 4) is 0 Å². The lowest BCUT2D eigenvalue weighted by molar-refractivity contribution is -0.115. The fourth-order valence-electron chi connectivity index (χ4n) is 4.57. The van der Waals surface area contributed by atoms with Gasteiger partial charge in [-0.1, -0.05) is 43.3 Å². The maximum absolute atomic E-state index is 12.8. The lowest BCUT2D eigenvalue weighted by Gasteiger charge is -2.32. The monoisotopic (exact) mass is 504 g/mol. The molecule has 4 rings (SSSR count). The van der Waals surface area contributed by atoms with Crippen molar-refractivity contribution in [2.75, 3.05) is 24.7 Å². The minimum atomic E-state index is -3.25. The molecule has 3 aromatic carbocycles. The van der Waals surface area contributed by atoms with E-state index in [2.05, 4.69) is 12.2 Å². The van der Waals surface area contributed by atoms with Gasteiger partial charge in [-0.3, -0.25) is 9.59 Å². The fraction of sp³-hybridized carbons (Fsp3) is 0.310. The number of nitrogens with zero attached hydrogens (tertiary/aromatic N) is 1. The average molecular weight is 505 g/mol. The number of amides is 2. The molecular weight excluding hydrogens is 472 g/mol. The summed E-state index contributed by atoms with van der Waals surface area (Å²) < 4.78 is 23.2. The topological polar surface area (TPSA) is 83.6 Å². The molecule has 1 saturated heterocycles. The second-order valence-electron chi connectivity index (χ2n) is 9.38. The maximum Gasteiger partial charge on any atom is 0.253 e. The summed E-state index contributed by atoms with van der Waals surface area (Å²) in [6.45, 7) is 3.57. The number of carbonyl (C=O) groups excluding carboxylic acids is 2. The number of nitrogens with one attached hydrogen (secondary N) is 1. The van der Waals surface area contributed by atoms with E-state index < -0.39 is 9.84 Å². The van der Waals surface area contributed by atoms with Crippen molar-refractivity contribution in [3.63, 3.8) is 0 Å². The predicted octanol–water partition coefficient (Wildman–Crippen LogP) is 4.85. The van der Waals surface area contributed by atoms with Crippen LogP contribution >= 0.6 is 0 Å². The molecule has 1 aliphatic heterocycles. The summed E-state index contributed by atoms with van der Waals surface area (Å²) in [6, 6.07) is 22.2. The van der Waals surface area contributed by atoms with Crippen LogP contribution in [0.3, 0.4) is 0 Å². The highest BCUT2D eigenvalue weighted by atomic mass is 32.2. The van der Waals surface area contributed by atoms with E-state index in [0.717, 1.165) is 55.4 Å². The number of likely N-dealkylation sites (tertiary alicyclic amines) is 1. The van der Waals surface area contributed by atoms with Crippen LogP contribution in [-0.2, 0) is 27.5 Å². The third kappa shape index (κ3) is 6.40. The molecule has 0 saturated carbocycles. The Balaban J connectivity index is 1.28. The van der Waals surface area contributed by atoms with Gasteiger partial charge in [-0.15, -0.1) is 0 Å². The summed E-state index contributed by atoms with van der Waals surface area (Å²) in [6.07, 6.45) is 4.11. The Morgan fingerprint density at radius 1 is 0.861 bits per heavy atom. The quantitative estimate of drug-likeness (QED) is 0.498. The maximum atomic E-state index is 12.8. The molecule has 36 heavy (non-hydrogen) atoms. The van der Waals surface area contributed by atoms with Gasteiger partial charge >= 0.3 is 0 Å². The Hall–Kier alpha value is -3.45. The van der Waals surface area contributed by atoms with E-state index in [1.54, 1.807) is 12.1 Å². The van der Waals surface area contributed by atoms with Gasteiger partial charge in [0.2, 0.25) is 5.91 Å². The molecule has 1 aliphatic rings. The van der Waals surface area contributed by atoms with E-state index in [9.17, 15) is 18.0 Å². The summed E-state index contributed by atoms with van der Waals surface area (Å²) in [5, 5.41) is 2.90. The lowest BCUT2D eigenvalue weighted by atomic mass is 9.89. The van der Waals surface area contributed by atoms with Crippen LogP contribution in [0.1, 0.15) is 52.7 Å². The number of benzene rings is 3. The Labute approximate surface area is 213 Å².